The first-order valence-corrected chi connectivity index (χ1v) is 13.8. The number of hydrogen-bond acceptors (Lipinski definition) is 7. The molecule has 3 heterocycles. The molecular formula is C27H32F3N3O3S. The number of aryl methyl sites for hydroxylation is 1. The Morgan fingerprint density at radius 1 is 1.14 bits per heavy atom. The van der Waals surface area contributed by atoms with Gasteiger partial charge in [0.25, 0.3) is 5.19 Å². The van der Waals surface area contributed by atoms with Crippen molar-refractivity contribution in [3.8, 4) is 5.19 Å². The van der Waals surface area contributed by atoms with E-state index in [0.717, 1.165) is 80.7 Å². The molecular weight excluding hydrogens is 503 g/mol. The van der Waals surface area contributed by atoms with E-state index in [1.807, 2.05) is 18.2 Å². The van der Waals surface area contributed by atoms with Gasteiger partial charge in [0.15, 0.2) is 23.9 Å². The van der Waals surface area contributed by atoms with E-state index in [0.29, 0.717) is 35.3 Å². The number of halogens is 3. The molecule has 5 rings (SSSR count). The van der Waals surface area contributed by atoms with Crippen molar-refractivity contribution < 1.29 is 27.1 Å². The van der Waals surface area contributed by atoms with Gasteiger partial charge >= 0.3 is 6.18 Å². The number of ether oxygens (including phenoxy) is 1. The standard InChI is InChI=1S/C27H32F3N3O3S/c1-17-31-22-15-20(6-7-24(22)36-17)23(34)14-19-4-2-18(3-5-19)8-11-33-12-9-21-25(10-13-33)37-26(32-21)35-16-27(28,29)30/h6-7,15,18-19H,2-5,8-14,16H2,1H3. The Morgan fingerprint density at radius 2 is 1.89 bits per heavy atom. The molecule has 1 aliphatic carbocycles. The first-order valence-electron chi connectivity index (χ1n) is 13.0. The zero-order valence-corrected chi connectivity index (χ0v) is 21.8. The van der Waals surface area contributed by atoms with Crippen molar-refractivity contribution in [2.75, 3.05) is 26.2 Å². The van der Waals surface area contributed by atoms with Crippen molar-refractivity contribution in [2.45, 2.75) is 64.5 Å². The summed E-state index contributed by atoms with van der Waals surface area (Å²) >= 11 is 1.25. The molecule has 37 heavy (non-hydrogen) atoms. The van der Waals surface area contributed by atoms with Gasteiger partial charge in [0, 0.05) is 43.3 Å². The van der Waals surface area contributed by atoms with Crippen LogP contribution in [0.2, 0.25) is 0 Å². The van der Waals surface area contributed by atoms with E-state index in [2.05, 4.69) is 14.9 Å². The molecule has 0 amide bonds. The van der Waals surface area contributed by atoms with Crippen LogP contribution in [0.25, 0.3) is 11.1 Å². The predicted molar refractivity (Wildman–Crippen MR) is 135 cm³/mol. The average molecular weight is 536 g/mol. The normalized spacial score (nSPS) is 21.1. The van der Waals surface area contributed by atoms with E-state index in [-0.39, 0.29) is 11.0 Å². The molecule has 0 radical (unpaired) electrons. The lowest BCUT2D eigenvalue weighted by Crippen LogP contribution is -2.29. The van der Waals surface area contributed by atoms with E-state index in [9.17, 15) is 18.0 Å². The van der Waals surface area contributed by atoms with Crippen LogP contribution < -0.4 is 4.74 Å². The van der Waals surface area contributed by atoms with Crippen LogP contribution in [0.4, 0.5) is 13.2 Å². The average Bonchev–Trinajstić information content (AvgIpc) is 3.38. The summed E-state index contributed by atoms with van der Waals surface area (Å²) in [5, 5.41) is 0.125. The first-order chi connectivity index (χ1) is 17.7. The summed E-state index contributed by atoms with van der Waals surface area (Å²) in [5.41, 5.74) is 3.05. The van der Waals surface area contributed by atoms with Crippen molar-refractivity contribution in [1.29, 1.82) is 0 Å². The Balaban J connectivity index is 1.03. The first kappa shape index (κ1) is 26.2. The lowest BCUT2D eigenvalue weighted by atomic mass is 9.78. The molecule has 6 nitrogen and oxygen atoms in total. The molecule has 0 spiro atoms. The number of carbonyl (C=O) groups excluding carboxylic acids is 1. The molecule has 1 saturated carbocycles. The van der Waals surface area contributed by atoms with Crippen LogP contribution >= 0.6 is 11.3 Å². The number of fused-ring (bicyclic) bond motifs is 2. The largest absolute Gasteiger partial charge is 0.460 e. The topological polar surface area (TPSA) is 68.5 Å². The smallest absolute Gasteiger partial charge is 0.422 e. The number of nitrogens with zero attached hydrogens (tertiary/aromatic N) is 3. The van der Waals surface area contributed by atoms with Crippen LogP contribution in [0.3, 0.4) is 0 Å². The van der Waals surface area contributed by atoms with Gasteiger partial charge in [0.2, 0.25) is 0 Å². The summed E-state index contributed by atoms with van der Waals surface area (Å²) in [4.78, 5) is 25.0. The minimum Gasteiger partial charge on any atom is -0.460 e. The van der Waals surface area contributed by atoms with Crippen LogP contribution in [-0.2, 0) is 12.8 Å². The molecule has 0 unspecified atom stereocenters. The number of aromatic nitrogens is 2. The van der Waals surface area contributed by atoms with Gasteiger partial charge in [-0.1, -0.05) is 24.2 Å². The van der Waals surface area contributed by atoms with Gasteiger partial charge in [-0.25, -0.2) is 9.97 Å². The van der Waals surface area contributed by atoms with Crippen LogP contribution in [-0.4, -0.2) is 53.1 Å². The monoisotopic (exact) mass is 535 g/mol. The Kier molecular flexibility index (Phi) is 7.85. The molecule has 0 atom stereocenters. The van der Waals surface area contributed by atoms with E-state index >= 15 is 0 Å². The third-order valence-corrected chi connectivity index (χ3v) is 8.62. The fraction of sp³-hybridized carbons (Fsp3) is 0.593. The molecule has 2 aromatic heterocycles. The Hall–Kier alpha value is -2.46. The fourth-order valence-corrected chi connectivity index (χ4v) is 6.44. The minimum atomic E-state index is -4.35. The van der Waals surface area contributed by atoms with Crippen molar-refractivity contribution in [3.05, 3.63) is 40.2 Å². The number of thiazole rings is 1. The molecule has 2 aliphatic rings. The van der Waals surface area contributed by atoms with E-state index in [4.69, 9.17) is 9.15 Å². The highest BCUT2D eigenvalue weighted by Gasteiger charge is 2.30. The van der Waals surface area contributed by atoms with Crippen molar-refractivity contribution in [2.24, 2.45) is 11.8 Å². The number of oxazole rings is 1. The quantitative estimate of drug-likeness (QED) is 0.311. The number of carbonyl (C=O) groups is 1. The van der Waals surface area contributed by atoms with E-state index in [1.54, 1.807) is 6.92 Å². The summed E-state index contributed by atoms with van der Waals surface area (Å²) < 4.78 is 47.5. The Labute approximate surface area is 218 Å². The molecule has 3 aromatic rings. The maximum atomic E-state index is 12.9. The molecule has 10 heteroatoms. The highest BCUT2D eigenvalue weighted by Crippen LogP contribution is 2.34. The van der Waals surface area contributed by atoms with Crippen LogP contribution in [0.1, 0.15) is 65.3 Å². The number of alkyl halides is 3. The summed E-state index contributed by atoms with van der Waals surface area (Å²) in [5.74, 6) is 1.91. The third kappa shape index (κ3) is 6.90. The fourth-order valence-electron chi connectivity index (χ4n) is 5.50. The second kappa shape index (κ2) is 11.1. The van der Waals surface area contributed by atoms with E-state index in [1.165, 1.54) is 11.3 Å². The summed E-state index contributed by atoms with van der Waals surface area (Å²) in [6.45, 7) is 3.31. The zero-order valence-electron chi connectivity index (χ0n) is 21.0. The van der Waals surface area contributed by atoms with Crippen molar-refractivity contribution in [1.82, 2.24) is 14.9 Å². The summed E-state index contributed by atoms with van der Waals surface area (Å²) in [6.07, 6.45) is 3.42. The summed E-state index contributed by atoms with van der Waals surface area (Å²) in [6, 6.07) is 5.51. The maximum absolute atomic E-state index is 12.9. The molecule has 200 valence electrons. The van der Waals surface area contributed by atoms with Gasteiger partial charge in [-0.05, 0) is 62.3 Å². The molecule has 0 bridgehead atoms. The Morgan fingerprint density at radius 3 is 2.68 bits per heavy atom. The highest BCUT2D eigenvalue weighted by atomic mass is 32.1. The van der Waals surface area contributed by atoms with Crippen LogP contribution in [0, 0.1) is 18.8 Å². The number of hydrogen-bond donors (Lipinski definition) is 0. The highest BCUT2D eigenvalue weighted by molar-refractivity contribution is 7.13. The lowest BCUT2D eigenvalue weighted by Gasteiger charge is -2.30. The van der Waals surface area contributed by atoms with E-state index < -0.39 is 12.8 Å². The molecule has 1 aliphatic heterocycles. The van der Waals surface area contributed by atoms with Gasteiger partial charge in [-0.15, -0.1) is 0 Å². The molecule has 0 N–H and O–H groups in total. The summed E-state index contributed by atoms with van der Waals surface area (Å²) in [7, 11) is 0. The number of benzene rings is 1. The predicted octanol–water partition coefficient (Wildman–Crippen LogP) is 6.40. The van der Waals surface area contributed by atoms with Gasteiger partial charge < -0.3 is 14.1 Å². The Bertz CT molecular complexity index is 1210. The number of rotatable bonds is 8. The lowest BCUT2D eigenvalue weighted by molar-refractivity contribution is -0.153. The zero-order chi connectivity index (χ0) is 26.0. The number of ketones is 1. The molecule has 1 fully saturated rings. The molecule has 1 aromatic carbocycles. The second-order valence-corrected chi connectivity index (χ2v) is 11.4. The van der Waals surface area contributed by atoms with Crippen LogP contribution in [0.15, 0.2) is 22.6 Å². The van der Waals surface area contributed by atoms with Gasteiger partial charge in [0.05, 0.1) is 5.69 Å². The molecule has 0 saturated heterocycles. The van der Waals surface area contributed by atoms with Crippen molar-refractivity contribution >= 4 is 28.2 Å². The minimum absolute atomic E-state index is 0.125. The third-order valence-electron chi connectivity index (χ3n) is 7.55. The van der Waals surface area contributed by atoms with Gasteiger partial charge in [0.1, 0.15) is 5.52 Å². The van der Waals surface area contributed by atoms with Crippen molar-refractivity contribution in [3.63, 3.8) is 0 Å². The SMILES string of the molecule is Cc1nc2cc(C(=O)CC3CCC(CCN4CCc5nc(OCC(F)(F)F)sc5CC4)CC3)ccc2o1. The number of Topliss-reactive ketones (excluding diaryl/α,β-unsaturated/α-hetero) is 1. The van der Waals surface area contributed by atoms with Gasteiger partial charge in [-0.2, -0.15) is 13.2 Å². The van der Waals surface area contributed by atoms with Gasteiger partial charge in [-0.3, -0.25) is 4.79 Å². The maximum Gasteiger partial charge on any atom is 0.422 e. The second-order valence-electron chi connectivity index (χ2n) is 10.3. The van der Waals surface area contributed by atoms with Crippen LogP contribution in [0.5, 0.6) is 5.19 Å².